The Bertz CT molecular complexity index is 437. The zero-order valence-corrected chi connectivity index (χ0v) is 11.2. The maximum absolute atomic E-state index is 4.69. The second-order valence-corrected chi connectivity index (χ2v) is 5.24. The quantitative estimate of drug-likeness (QED) is 0.798. The van der Waals surface area contributed by atoms with Crippen LogP contribution in [0, 0.1) is 6.92 Å². The fourth-order valence-electron chi connectivity index (χ4n) is 2.71. The highest BCUT2D eigenvalue weighted by molar-refractivity contribution is 5.61. The van der Waals surface area contributed by atoms with Crippen LogP contribution >= 0.6 is 0 Å². The van der Waals surface area contributed by atoms with Gasteiger partial charge in [0.2, 0.25) is 0 Å². The molecule has 0 aliphatic carbocycles. The average molecular weight is 247 g/mol. The smallest absolute Gasteiger partial charge is 0.137 e. The molecule has 1 N–H and O–H groups in total. The van der Waals surface area contributed by atoms with Crippen molar-refractivity contribution in [2.75, 3.05) is 50.0 Å². The lowest BCUT2D eigenvalue weighted by atomic mass is 10.1. The van der Waals surface area contributed by atoms with E-state index in [1.807, 2.05) is 6.92 Å². The molecular formula is C13H21N5. The van der Waals surface area contributed by atoms with Crippen molar-refractivity contribution in [1.29, 1.82) is 0 Å². The number of aromatic nitrogens is 2. The molecule has 0 radical (unpaired) electrons. The van der Waals surface area contributed by atoms with E-state index in [-0.39, 0.29) is 0 Å². The van der Waals surface area contributed by atoms with Crippen LogP contribution in [0.3, 0.4) is 0 Å². The van der Waals surface area contributed by atoms with Gasteiger partial charge >= 0.3 is 0 Å². The first-order valence-electron chi connectivity index (χ1n) is 6.79. The molecule has 0 saturated carbocycles. The monoisotopic (exact) mass is 247 g/mol. The van der Waals surface area contributed by atoms with Crippen molar-refractivity contribution in [3.8, 4) is 0 Å². The van der Waals surface area contributed by atoms with Gasteiger partial charge in [0.1, 0.15) is 17.5 Å². The van der Waals surface area contributed by atoms with Gasteiger partial charge in [-0.3, -0.25) is 0 Å². The van der Waals surface area contributed by atoms with E-state index >= 15 is 0 Å². The summed E-state index contributed by atoms with van der Waals surface area (Å²) in [5, 5.41) is 3.40. The van der Waals surface area contributed by atoms with Crippen molar-refractivity contribution < 1.29 is 0 Å². The first-order valence-corrected chi connectivity index (χ1v) is 6.79. The Morgan fingerprint density at radius 2 is 1.89 bits per heavy atom. The molecule has 2 aliphatic heterocycles. The number of anilines is 2. The zero-order chi connectivity index (χ0) is 12.5. The Kier molecular flexibility index (Phi) is 3.07. The molecule has 0 amide bonds. The molecule has 0 unspecified atom stereocenters. The molecule has 1 aromatic rings. The predicted octanol–water partition coefficient (Wildman–Crippen LogP) is 0.895. The number of fused-ring (bicyclic) bond motifs is 1. The topological polar surface area (TPSA) is 44.3 Å². The Labute approximate surface area is 108 Å². The van der Waals surface area contributed by atoms with Gasteiger partial charge in [-0.05, 0) is 26.8 Å². The zero-order valence-electron chi connectivity index (χ0n) is 11.2. The van der Waals surface area contributed by atoms with E-state index in [4.69, 9.17) is 4.98 Å². The molecule has 18 heavy (non-hydrogen) atoms. The van der Waals surface area contributed by atoms with E-state index in [1.54, 1.807) is 0 Å². The second kappa shape index (κ2) is 4.72. The van der Waals surface area contributed by atoms with Crippen LogP contribution in [-0.4, -0.2) is 54.6 Å². The number of nitrogens with one attached hydrogen (secondary N) is 1. The molecule has 3 rings (SSSR count). The molecule has 2 aliphatic rings. The first-order chi connectivity index (χ1) is 8.74. The number of hydrogen-bond donors (Lipinski definition) is 1. The highest BCUT2D eigenvalue weighted by Gasteiger charge is 2.23. The van der Waals surface area contributed by atoms with Crippen LogP contribution < -0.4 is 10.2 Å². The van der Waals surface area contributed by atoms with E-state index in [9.17, 15) is 0 Å². The van der Waals surface area contributed by atoms with Crippen LogP contribution in [0.25, 0.3) is 0 Å². The Hall–Kier alpha value is -1.36. The molecule has 1 aromatic heterocycles. The van der Waals surface area contributed by atoms with Crippen molar-refractivity contribution in [3.05, 3.63) is 11.4 Å². The van der Waals surface area contributed by atoms with Crippen LogP contribution in [0.4, 0.5) is 11.6 Å². The molecule has 98 valence electrons. The number of nitrogens with zero attached hydrogens (tertiary/aromatic N) is 4. The summed E-state index contributed by atoms with van der Waals surface area (Å²) in [7, 11) is 2.18. The van der Waals surface area contributed by atoms with Gasteiger partial charge in [-0.25, -0.2) is 9.97 Å². The van der Waals surface area contributed by atoms with Gasteiger partial charge in [0.15, 0.2) is 0 Å². The van der Waals surface area contributed by atoms with Gasteiger partial charge in [-0.2, -0.15) is 0 Å². The maximum Gasteiger partial charge on any atom is 0.137 e. The van der Waals surface area contributed by atoms with Crippen LogP contribution in [-0.2, 0) is 6.42 Å². The normalized spacial score (nSPS) is 20.4. The first kappa shape index (κ1) is 11.7. The Morgan fingerprint density at radius 1 is 1.11 bits per heavy atom. The fraction of sp³-hybridized carbons (Fsp3) is 0.692. The van der Waals surface area contributed by atoms with Crippen molar-refractivity contribution in [2.24, 2.45) is 0 Å². The minimum absolute atomic E-state index is 0.872. The lowest BCUT2D eigenvalue weighted by molar-refractivity contribution is 0.311. The van der Waals surface area contributed by atoms with E-state index in [0.29, 0.717) is 0 Å². The van der Waals surface area contributed by atoms with Crippen molar-refractivity contribution in [2.45, 2.75) is 19.8 Å². The third kappa shape index (κ3) is 2.14. The summed E-state index contributed by atoms with van der Waals surface area (Å²) in [6, 6.07) is 0. The minimum atomic E-state index is 0.872. The average Bonchev–Trinajstić information content (AvgIpc) is 2.38. The summed E-state index contributed by atoms with van der Waals surface area (Å²) in [6.45, 7) is 7.39. The molecule has 5 heteroatoms. The highest BCUT2D eigenvalue weighted by Crippen LogP contribution is 2.29. The van der Waals surface area contributed by atoms with E-state index in [0.717, 1.165) is 56.6 Å². The van der Waals surface area contributed by atoms with Crippen molar-refractivity contribution in [1.82, 2.24) is 14.9 Å². The van der Waals surface area contributed by atoms with Crippen molar-refractivity contribution in [3.63, 3.8) is 0 Å². The van der Waals surface area contributed by atoms with E-state index in [2.05, 4.69) is 27.1 Å². The molecule has 0 spiro atoms. The Morgan fingerprint density at radius 3 is 2.67 bits per heavy atom. The number of piperazine rings is 1. The minimum Gasteiger partial charge on any atom is -0.370 e. The Balaban J connectivity index is 1.93. The molecule has 0 atom stereocenters. The number of hydrogen-bond acceptors (Lipinski definition) is 5. The van der Waals surface area contributed by atoms with E-state index in [1.165, 1.54) is 12.0 Å². The SMILES string of the molecule is Cc1nc2c(c(N3CCN(C)CC3)n1)CCCN2. The van der Waals surface area contributed by atoms with Crippen LogP contribution in [0.2, 0.25) is 0 Å². The molecule has 5 nitrogen and oxygen atoms in total. The molecular weight excluding hydrogens is 226 g/mol. The molecule has 0 aromatic carbocycles. The predicted molar refractivity (Wildman–Crippen MR) is 73.3 cm³/mol. The summed E-state index contributed by atoms with van der Waals surface area (Å²) < 4.78 is 0. The van der Waals surface area contributed by atoms with Gasteiger partial charge in [-0.15, -0.1) is 0 Å². The lowest BCUT2D eigenvalue weighted by Gasteiger charge is -2.35. The number of aryl methyl sites for hydroxylation is 1. The largest absolute Gasteiger partial charge is 0.370 e. The number of rotatable bonds is 1. The molecule has 1 fully saturated rings. The summed E-state index contributed by atoms with van der Waals surface area (Å²) in [5.74, 6) is 3.09. The lowest BCUT2D eigenvalue weighted by Crippen LogP contribution is -2.45. The van der Waals surface area contributed by atoms with E-state index < -0.39 is 0 Å². The summed E-state index contributed by atoms with van der Waals surface area (Å²) in [5.41, 5.74) is 1.32. The van der Waals surface area contributed by atoms with Gasteiger partial charge < -0.3 is 15.1 Å². The van der Waals surface area contributed by atoms with Crippen LogP contribution in [0.15, 0.2) is 0 Å². The molecule has 1 saturated heterocycles. The van der Waals surface area contributed by atoms with Gasteiger partial charge in [0, 0.05) is 38.3 Å². The van der Waals surface area contributed by atoms with Gasteiger partial charge in [0.05, 0.1) is 0 Å². The maximum atomic E-state index is 4.69. The molecule has 0 bridgehead atoms. The van der Waals surface area contributed by atoms with Crippen molar-refractivity contribution >= 4 is 11.6 Å². The van der Waals surface area contributed by atoms with Gasteiger partial charge in [-0.1, -0.05) is 0 Å². The summed E-state index contributed by atoms with van der Waals surface area (Å²) in [4.78, 5) is 14.0. The third-order valence-corrected chi connectivity index (χ3v) is 3.80. The second-order valence-electron chi connectivity index (χ2n) is 5.24. The van der Waals surface area contributed by atoms with Crippen LogP contribution in [0.1, 0.15) is 17.8 Å². The summed E-state index contributed by atoms with van der Waals surface area (Å²) in [6.07, 6.45) is 2.28. The fourth-order valence-corrected chi connectivity index (χ4v) is 2.71. The van der Waals surface area contributed by atoms with Gasteiger partial charge in [0.25, 0.3) is 0 Å². The standard InChI is InChI=1S/C13H21N5/c1-10-15-12-11(4-3-5-14-12)13(16-10)18-8-6-17(2)7-9-18/h3-9H2,1-2H3,(H,14,15,16). The summed E-state index contributed by atoms with van der Waals surface area (Å²) >= 11 is 0. The highest BCUT2D eigenvalue weighted by atomic mass is 15.3. The third-order valence-electron chi connectivity index (χ3n) is 3.80. The van der Waals surface area contributed by atoms with Crippen LogP contribution in [0.5, 0.6) is 0 Å². The molecule has 3 heterocycles. The number of likely N-dealkylation sites (N-methyl/N-ethyl adjacent to an activating group) is 1.